The lowest BCUT2D eigenvalue weighted by atomic mass is 9.88. The first-order valence-corrected chi connectivity index (χ1v) is 12.4. The number of aromatic nitrogens is 2. The predicted molar refractivity (Wildman–Crippen MR) is 134 cm³/mol. The van der Waals surface area contributed by atoms with Crippen molar-refractivity contribution in [2.24, 2.45) is 5.92 Å². The summed E-state index contributed by atoms with van der Waals surface area (Å²) >= 11 is 0. The summed E-state index contributed by atoms with van der Waals surface area (Å²) in [6.07, 6.45) is 6.13. The molecule has 1 heterocycles. The Morgan fingerprint density at radius 2 is 1.85 bits per heavy atom. The van der Waals surface area contributed by atoms with Crippen LogP contribution in [0.3, 0.4) is 0 Å². The normalized spacial score (nSPS) is 14.8. The third kappa shape index (κ3) is 6.04. The molecule has 6 nitrogen and oxygen atoms in total. The molecule has 0 aliphatic heterocycles. The number of benzene rings is 1. The third-order valence-corrected chi connectivity index (χ3v) is 6.64. The van der Waals surface area contributed by atoms with E-state index < -0.39 is 0 Å². The maximum Gasteiger partial charge on any atom is 0.245 e. The Morgan fingerprint density at radius 3 is 2.48 bits per heavy atom. The summed E-state index contributed by atoms with van der Waals surface area (Å²) in [5.74, 6) is 0.649. The van der Waals surface area contributed by atoms with Crippen LogP contribution in [0.2, 0.25) is 0 Å². The topological polar surface area (TPSA) is 67.2 Å². The van der Waals surface area contributed by atoms with Gasteiger partial charge in [-0.2, -0.15) is 5.10 Å². The van der Waals surface area contributed by atoms with Crippen molar-refractivity contribution in [1.82, 2.24) is 14.7 Å². The lowest BCUT2D eigenvalue weighted by Crippen LogP contribution is -2.42. The zero-order valence-electron chi connectivity index (χ0n) is 21.2. The number of carbonyl (C=O) groups is 2. The molecule has 0 radical (unpaired) electrons. The number of rotatable bonds is 7. The monoisotopic (exact) mass is 452 g/mol. The Bertz CT molecular complexity index is 980. The number of hydrogen-bond donors (Lipinski definition) is 1. The SMILES string of the molecule is CCCN(CC(=O)Nc1cc(C(C)(C)C)nn1-c1cccc(C)c1C)C(=O)C1CCCCC1. The fourth-order valence-electron chi connectivity index (χ4n) is 4.49. The molecule has 0 saturated heterocycles. The van der Waals surface area contributed by atoms with Crippen LogP contribution in [0.5, 0.6) is 0 Å². The van der Waals surface area contributed by atoms with Crippen LogP contribution in [-0.2, 0) is 15.0 Å². The summed E-state index contributed by atoms with van der Waals surface area (Å²) in [5.41, 5.74) is 3.99. The number of hydrogen-bond acceptors (Lipinski definition) is 3. The highest BCUT2D eigenvalue weighted by atomic mass is 16.2. The number of aryl methyl sites for hydroxylation is 1. The van der Waals surface area contributed by atoms with Crippen LogP contribution in [0.15, 0.2) is 24.3 Å². The molecule has 1 fully saturated rings. The first kappa shape index (κ1) is 25.0. The second-order valence-corrected chi connectivity index (χ2v) is 10.4. The fourth-order valence-corrected chi connectivity index (χ4v) is 4.49. The van der Waals surface area contributed by atoms with Gasteiger partial charge in [0, 0.05) is 23.9 Å². The molecule has 0 unspecified atom stereocenters. The Balaban J connectivity index is 1.84. The van der Waals surface area contributed by atoms with Crippen LogP contribution in [0, 0.1) is 19.8 Å². The summed E-state index contributed by atoms with van der Waals surface area (Å²) < 4.78 is 1.83. The van der Waals surface area contributed by atoms with E-state index in [1.54, 1.807) is 4.90 Å². The van der Waals surface area contributed by atoms with Gasteiger partial charge in [0.25, 0.3) is 0 Å². The average Bonchev–Trinajstić information content (AvgIpc) is 3.19. The van der Waals surface area contributed by atoms with E-state index in [-0.39, 0.29) is 29.7 Å². The van der Waals surface area contributed by atoms with Gasteiger partial charge in [0.15, 0.2) is 0 Å². The summed E-state index contributed by atoms with van der Waals surface area (Å²) in [5, 5.41) is 7.91. The van der Waals surface area contributed by atoms with Crippen LogP contribution in [0.4, 0.5) is 5.82 Å². The lowest BCUT2D eigenvalue weighted by Gasteiger charge is -2.28. The molecule has 33 heavy (non-hydrogen) atoms. The van der Waals surface area contributed by atoms with E-state index in [4.69, 9.17) is 5.10 Å². The van der Waals surface area contributed by atoms with E-state index in [0.717, 1.165) is 49.0 Å². The zero-order valence-corrected chi connectivity index (χ0v) is 21.2. The molecule has 0 bridgehead atoms. The van der Waals surface area contributed by atoms with Crippen molar-refractivity contribution in [3.05, 3.63) is 41.1 Å². The Labute approximate surface area is 198 Å². The molecule has 6 heteroatoms. The third-order valence-electron chi connectivity index (χ3n) is 6.64. The lowest BCUT2D eigenvalue weighted by molar-refractivity contribution is -0.139. The molecule has 1 aromatic carbocycles. The second-order valence-electron chi connectivity index (χ2n) is 10.4. The molecule has 3 rings (SSSR count). The maximum absolute atomic E-state index is 13.1. The van der Waals surface area contributed by atoms with E-state index in [9.17, 15) is 9.59 Å². The van der Waals surface area contributed by atoms with Crippen molar-refractivity contribution < 1.29 is 9.59 Å². The average molecular weight is 453 g/mol. The van der Waals surface area contributed by atoms with Crippen LogP contribution < -0.4 is 5.32 Å². The van der Waals surface area contributed by atoms with Gasteiger partial charge in [-0.25, -0.2) is 4.68 Å². The molecule has 1 saturated carbocycles. The van der Waals surface area contributed by atoms with Crippen molar-refractivity contribution in [2.45, 2.75) is 85.5 Å². The van der Waals surface area contributed by atoms with E-state index in [0.29, 0.717) is 12.4 Å². The predicted octanol–water partition coefficient (Wildman–Crippen LogP) is 5.54. The molecule has 2 aromatic rings. The Hall–Kier alpha value is -2.63. The van der Waals surface area contributed by atoms with Crippen molar-refractivity contribution >= 4 is 17.6 Å². The smallest absolute Gasteiger partial charge is 0.245 e. The second kappa shape index (κ2) is 10.5. The minimum Gasteiger partial charge on any atom is -0.333 e. The van der Waals surface area contributed by atoms with Crippen LogP contribution in [0.1, 0.15) is 83.0 Å². The van der Waals surface area contributed by atoms with Crippen molar-refractivity contribution in [3.63, 3.8) is 0 Å². The van der Waals surface area contributed by atoms with E-state index >= 15 is 0 Å². The van der Waals surface area contributed by atoms with Crippen molar-refractivity contribution in [2.75, 3.05) is 18.4 Å². The fraction of sp³-hybridized carbons (Fsp3) is 0.593. The van der Waals surface area contributed by atoms with Crippen molar-refractivity contribution in [3.8, 4) is 5.69 Å². The highest BCUT2D eigenvalue weighted by Crippen LogP contribution is 2.29. The number of amides is 2. The molecule has 1 N–H and O–H groups in total. The standard InChI is InChI=1S/C27H40N4O2/c1-7-16-30(26(33)21-13-9-8-10-14-21)18-25(32)28-24-17-23(27(4,5)6)29-31(24)22-15-11-12-19(2)20(22)3/h11-12,15,17,21H,7-10,13-14,16,18H2,1-6H3,(H,28,32). The molecular weight excluding hydrogens is 412 g/mol. The van der Waals surface area contributed by atoms with Gasteiger partial charge in [-0.15, -0.1) is 0 Å². The molecule has 0 spiro atoms. The highest BCUT2D eigenvalue weighted by molar-refractivity contribution is 5.94. The molecule has 1 aromatic heterocycles. The highest BCUT2D eigenvalue weighted by Gasteiger charge is 2.28. The quantitative estimate of drug-likeness (QED) is 0.599. The number of anilines is 1. The van der Waals surface area contributed by atoms with Gasteiger partial charge in [0.1, 0.15) is 5.82 Å². The van der Waals surface area contributed by atoms with Crippen molar-refractivity contribution in [1.29, 1.82) is 0 Å². The Morgan fingerprint density at radius 1 is 1.15 bits per heavy atom. The molecule has 180 valence electrons. The van der Waals surface area contributed by atoms with Gasteiger partial charge >= 0.3 is 0 Å². The maximum atomic E-state index is 13.1. The van der Waals surface area contributed by atoms with Gasteiger partial charge in [-0.05, 0) is 50.3 Å². The van der Waals surface area contributed by atoms with Gasteiger partial charge in [0.2, 0.25) is 11.8 Å². The van der Waals surface area contributed by atoms with Gasteiger partial charge in [-0.3, -0.25) is 9.59 Å². The van der Waals surface area contributed by atoms with E-state index in [1.807, 2.05) is 29.8 Å². The van der Waals surface area contributed by atoms with Gasteiger partial charge < -0.3 is 10.2 Å². The van der Waals surface area contributed by atoms with Gasteiger partial charge in [-0.1, -0.05) is 59.1 Å². The summed E-state index contributed by atoms with van der Waals surface area (Å²) in [6, 6.07) is 8.05. The molecule has 1 aliphatic rings. The van der Waals surface area contributed by atoms with E-state index in [2.05, 4.69) is 46.0 Å². The first-order chi connectivity index (χ1) is 15.6. The van der Waals surface area contributed by atoms with E-state index in [1.165, 1.54) is 12.0 Å². The largest absolute Gasteiger partial charge is 0.333 e. The first-order valence-electron chi connectivity index (χ1n) is 12.4. The molecule has 1 aliphatic carbocycles. The number of carbonyl (C=O) groups excluding carboxylic acids is 2. The minimum absolute atomic E-state index is 0.0612. The van der Waals surface area contributed by atoms with Crippen LogP contribution in [0.25, 0.3) is 5.69 Å². The van der Waals surface area contributed by atoms with Crippen LogP contribution in [-0.4, -0.2) is 39.6 Å². The summed E-state index contributed by atoms with van der Waals surface area (Å²) in [6.45, 7) is 13.2. The van der Waals surface area contributed by atoms with Gasteiger partial charge in [0.05, 0.1) is 17.9 Å². The molecular formula is C27H40N4O2. The number of nitrogens with zero attached hydrogens (tertiary/aromatic N) is 3. The summed E-state index contributed by atoms with van der Waals surface area (Å²) in [7, 11) is 0. The summed E-state index contributed by atoms with van der Waals surface area (Å²) in [4.78, 5) is 28.0. The minimum atomic E-state index is -0.181. The molecule has 2 amide bonds. The number of nitrogens with one attached hydrogen (secondary N) is 1. The van der Waals surface area contributed by atoms with Crippen LogP contribution >= 0.6 is 0 Å². The molecule has 0 atom stereocenters. The Kier molecular flexibility index (Phi) is 7.98. The zero-order chi connectivity index (χ0) is 24.2.